The summed E-state index contributed by atoms with van der Waals surface area (Å²) in [6.45, 7) is 10.2. The molecule has 2 bridgehead atoms. The Hall–Kier alpha value is -4.02. The number of hydrogen-bond donors (Lipinski definition) is 3. The van der Waals surface area contributed by atoms with Gasteiger partial charge in [-0.15, -0.1) is 11.8 Å². The van der Waals surface area contributed by atoms with Crippen molar-refractivity contribution >= 4 is 46.5 Å². The smallest absolute Gasteiger partial charge is 0.248 e. The van der Waals surface area contributed by atoms with E-state index in [1.54, 1.807) is 28.8 Å². The van der Waals surface area contributed by atoms with Crippen LogP contribution >= 0.6 is 11.8 Å². The van der Waals surface area contributed by atoms with Crippen LogP contribution in [0.15, 0.2) is 78.9 Å². The van der Waals surface area contributed by atoms with Crippen molar-refractivity contribution < 1.29 is 24.2 Å². The van der Waals surface area contributed by atoms with Crippen molar-refractivity contribution in [3.8, 4) is 5.75 Å². The summed E-state index contributed by atoms with van der Waals surface area (Å²) >= 11 is 1.62. The molecule has 254 valence electrons. The van der Waals surface area contributed by atoms with Crippen LogP contribution < -0.4 is 20.3 Å². The fourth-order valence-electron chi connectivity index (χ4n) is 8.17. The summed E-state index contributed by atoms with van der Waals surface area (Å²) in [5.74, 6) is -1.43. The Morgan fingerprint density at radius 1 is 0.938 bits per heavy atom. The summed E-state index contributed by atoms with van der Waals surface area (Å²) in [6.07, 6.45) is 1.71. The first-order valence-electron chi connectivity index (χ1n) is 17.0. The number of benzene rings is 3. The Balaban J connectivity index is 1.34. The minimum atomic E-state index is -0.867. The third-order valence-electron chi connectivity index (χ3n) is 10.4. The number of rotatable bonds is 13. The third kappa shape index (κ3) is 6.05. The van der Waals surface area contributed by atoms with Crippen LogP contribution in [-0.2, 0) is 20.8 Å². The molecule has 6 atom stereocenters. The molecular weight excluding hydrogens is 625 g/mol. The molecule has 3 aromatic carbocycles. The maximum Gasteiger partial charge on any atom is 0.248 e. The summed E-state index contributed by atoms with van der Waals surface area (Å²) in [5, 5.41) is 17.0. The van der Waals surface area contributed by atoms with Gasteiger partial charge in [0.1, 0.15) is 11.8 Å². The molecule has 0 aromatic heterocycles. The lowest BCUT2D eigenvalue weighted by atomic mass is 9.66. The van der Waals surface area contributed by atoms with E-state index in [0.29, 0.717) is 43.0 Å². The number of thioether (sulfide) groups is 1. The molecule has 6 rings (SSSR count). The van der Waals surface area contributed by atoms with Crippen molar-refractivity contribution in [2.45, 2.75) is 68.5 Å². The van der Waals surface area contributed by atoms with E-state index >= 15 is 0 Å². The molecule has 3 aliphatic heterocycles. The van der Waals surface area contributed by atoms with E-state index in [1.165, 1.54) is 0 Å². The molecule has 3 heterocycles. The van der Waals surface area contributed by atoms with Crippen molar-refractivity contribution in [1.29, 1.82) is 0 Å². The lowest BCUT2D eigenvalue weighted by Crippen LogP contribution is -2.55. The van der Waals surface area contributed by atoms with Gasteiger partial charge < -0.3 is 30.3 Å². The number of carbonyl (C=O) groups is 3. The molecule has 3 amide bonds. The minimum absolute atomic E-state index is 0.231. The molecule has 10 heteroatoms. The van der Waals surface area contributed by atoms with Gasteiger partial charge in [0, 0.05) is 34.9 Å². The van der Waals surface area contributed by atoms with E-state index in [1.807, 2.05) is 73.7 Å². The number of fused-ring (bicyclic) bond motifs is 1. The first-order valence-corrected chi connectivity index (χ1v) is 17.9. The summed E-state index contributed by atoms with van der Waals surface area (Å²) in [5.41, 5.74) is 3.28. The largest absolute Gasteiger partial charge is 0.494 e. The van der Waals surface area contributed by atoms with Crippen LogP contribution in [0.1, 0.15) is 46.1 Å². The predicted octanol–water partition coefficient (Wildman–Crippen LogP) is 5.59. The number of ether oxygens (including phenoxy) is 1. The highest BCUT2D eigenvalue weighted by molar-refractivity contribution is 8.02. The topological polar surface area (TPSA) is 111 Å². The minimum Gasteiger partial charge on any atom is -0.494 e. The molecule has 48 heavy (non-hydrogen) atoms. The SMILES string of the molecule is CCOc1ccc(NC(=O)[C@H]2[C@H]3C(=O)N([C@@H](CO)Cc4ccccc4)C(C(=O)Nc4ccc(N(CC)CC)cc4)C34CC[C@]2(C)S4)cc1. The molecular formula is C38H46N4O5S. The number of likely N-dealkylation sites (tertiary alicyclic amines) is 1. The number of anilines is 3. The van der Waals surface area contributed by atoms with Gasteiger partial charge in [-0.1, -0.05) is 30.3 Å². The molecule has 0 radical (unpaired) electrons. The highest BCUT2D eigenvalue weighted by Gasteiger charge is 2.77. The quantitative estimate of drug-likeness (QED) is 0.217. The summed E-state index contributed by atoms with van der Waals surface area (Å²) < 4.78 is 4.21. The number of aliphatic hydroxyl groups excluding tert-OH is 1. The maximum absolute atomic E-state index is 14.8. The summed E-state index contributed by atoms with van der Waals surface area (Å²) in [6, 6.07) is 23.2. The molecule has 3 fully saturated rings. The van der Waals surface area contributed by atoms with Gasteiger partial charge in [0.15, 0.2) is 0 Å². The third-order valence-corrected chi connectivity index (χ3v) is 12.3. The van der Waals surface area contributed by atoms with E-state index < -0.39 is 33.4 Å². The zero-order valence-corrected chi connectivity index (χ0v) is 29.0. The Kier molecular flexibility index (Phi) is 9.76. The van der Waals surface area contributed by atoms with Crippen molar-refractivity contribution in [3.05, 3.63) is 84.4 Å². The summed E-state index contributed by atoms with van der Waals surface area (Å²) in [7, 11) is 0. The highest BCUT2D eigenvalue weighted by atomic mass is 32.2. The van der Waals surface area contributed by atoms with Gasteiger partial charge in [0.05, 0.1) is 35.8 Å². The monoisotopic (exact) mass is 670 g/mol. The number of hydrogen-bond acceptors (Lipinski definition) is 7. The van der Waals surface area contributed by atoms with Gasteiger partial charge in [0.25, 0.3) is 0 Å². The lowest BCUT2D eigenvalue weighted by Gasteiger charge is -2.37. The van der Waals surface area contributed by atoms with E-state index in [4.69, 9.17) is 4.74 Å². The Labute approximate surface area is 287 Å². The fourth-order valence-corrected chi connectivity index (χ4v) is 10.5. The second kappa shape index (κ2) is 13.8. The molecule has 2 unspecified atom stereocenters. The maximum atomic E-state index is 14.8. The van der Waals surface area contributed by atoms with Crippen LogP contribution in [0.5, 0.6) is 5.75 Å². The van der Waals surface area contributed by atoms with Gasteiger partial charge >= 0.3 is 0 Å². The van der Waals surface area contributed by atoms with E-state index in [0.717, 1.165) is 24.3 Å². The van der Waals surface area contributed by atoms with Gasteiger partial charge in [-0.2, -0.15) is 0 Å². The summed E-state index contributed by atoms with van der Waals surface area (Å²) in [4.78, 5) is 47.3. The van der Waals surface area contributed by atoms with Crippen molar-refractivity contribution in [2.75, 3.05) is 41.8 Å². The second-order valence-electron chi connectivity index (χ2n) is 13.2. The number of aliphatic hydroxyl groups is 1. The molecule has 1 spiro atoms. The standard InChI is InChI=1S/C38H46N4O5S/c1-5-41(6-2)28-17-13-26(14-18-28)40-35(45)33-38-22-21-37(4,48-38)31(34(44)39-27-15-19-30(20-16-27)47-7-3)32(38)36(46)42(33)29(24-43)23-25-11-9-8-10-12-25/h8-20,29,31-33,43H,5-7,21-24H2,1-4H3,(H,39,44)(H,40,45)/t29-,31-,32+,33?,37+,38?/m1/s1. The number of nitrogens with zero attached hydrogens (tertiary/aromatic N) is 2. The molecule has 3 aliphatic rings. The first kappa shape index (κ1) is 33.9. The average molecular weight is 671 g/mol. The van der Waals surface area contributed by atoms with Crippen LogP contribution in [0, 0.1) is 11.8 Å². The van der Waals surface area contributed by atoms with Crippen LogP contribution in [0.3, 0.4) is 0 Å². The number of carbonyl (C=O) groups excluding carboxylic acids is 3. The zero-order valence-electron chi connectivity index (χ0n) is 28.1. The molecule has 3 N–H and O–H groups in total. The average Bonchev–Trinajstić information content (AvgIpc) is 3.67. The van der Waals surface area contributed by atoms with E-state index in [9.17, 15) is 19.5 Å². The Morgan fingerprint density at radius 3 is 2.17 bits per heavy atom. The van der Waals surface area contributed by atoms with Gasteiger partial charge in [0.2, 0.25) is 17.7 Å². The Bertz CT molecular complexity index is 1620. The molecule has 0 aliphatic carbocycles. The van der Waals surface area contributed by atoms with Gasteiger partial charge in [-0.25, -0.2) is 0 Å². The number of amides is 3. The van der Waals surface area contributed by atoms with Crippen LogP contribution in [-0.4, -0.2) is 75.6 Å². The molecule has 0 saturated carbocycles. The van der Waals surface area contributed by atoms with Crippen molar-refractivity contribution in [2.24, 2.45) is 11.8 Å². The number of nitrogens with one attached hydrogen (secondary N) is 2. The van der Waals surface area contributed by atoms with Crippen molar-refractivity contribution in [3.63, 3.8) is 0 Å². The van der Waals surface area contributed by atoms with Crippen LogP contribution in [0.2, 0.25) is 0 Å². The predicted molar refractivity (Wildman–Crippen MR) is 191 cm³/mol. The zero-order chi connectivity index (χ0) is 34.1. The van der Waals surface area contributed by atoms with Crippen LogP contribution in [0.4, 0.5) is 17.1 Å². The molecule has 3 saturated heterocycles. The van der Waals surface area contributed by atoms with E-state index in [2.05, 4.69) is 36.3 Å². The Morgan fingerprint density at radius 2 is 1.56 bits per heavy atom. The normalized spacial score (nSPS) is 26.2. The first-order chi connectivity index (χ1) is 23.2. The molecule has 9 nitrogen and oxygen atoms in total. The fraction of sp³-hybridized carbons (Fsp3) is 0.447. The van der Waals surface area contributed by atoms with Crippen molar-refractivity contribution in [1.82, 2.24) is 4.90 Å². The lowest BCUT2D eigenvalue weighted by molar-refractivity contribution is -0.141. The van der Waals surface area contributed by atoms with Crippen LogP contribution in [0.25, 0.3) is 0 Å². The highest BCUT2D eigenvalue weighted by Crippen LogP contribution is 2.71. The second-order valence-corrected chi connectivity index (χ2v) is 15.1. The van der Waals surface area contributed by atoms with E-state index in [-0.39, 0.29) is 24.3 Å². The molecule has 3 aromatic rings. The van der Waals surface area contributed by atoms with Gasteiger partial charge in [-0.3, -0.25) is 14.4 Å². The van der Waals surface area contributed by atoms with Gasteiger partial charge in [-0.05, 0) is 101 Å².